The first-order valence-electron chi connectivity index (χ1n) is 8.04. The highest BCUT2D eigenvalue weighted by atomic mass is 16.5. The second-order valence-electron chi connectivity index (χ2n) is 5.31. The number of anilines is 2. The largest absolute Gasteiger partial charge is 0.462 e. The second kappa shape index (κ2) is 9.04. The normalized spacial score (nSPS) is 10.6. The summed E-state index contributed by atoms with van der Waals surface area (Å²) in [6, 6.07) is 17.9. The molecule has 0 saturated carbocycles. The molecular formula is C20H19N3O3. The molecule has 0 radical (unpaired) electrons. The molecule has 0 aromatic heterocycles. The lowest BCUT2D eigenvalue weighted by Crippen LogP contribution is -2.26. The Labute approximate surface area is 152 Å². The Morgan fingerprint density at radius 2 is 1.81 bits per heavy atom. The topological polar surface area (TPSA) is 82.4 Å². The third-order valence-electron chi connectivity index (χ3n) is 3.58. The van der Waals surface area contributed by atoms with E-state index in [1.54, 1.807) is 49.2 Å². The number of rotatable bonds is 6. The number of carbonyl (C=O) groups is 2. The van der Waals surface area contributed by atoms with Crippen LogP contribution >= 0.6 is 0 Å². The molecule has 0 saturated heterocycles. The monoisotopic (exact) mass is 349 g/mol. The average Bonchev–Trinajstić information content (AvgIpc) is 2.68. The molecule has 0 aliphatic heterocycles. The fraction of sp³-hybridized carbons (Fsp3) is 0.150. The van der Waals surface area contributed by atoms with Crippen LogP contribution in [0, 0.1) is 11.3 Å². The number of para-hydroxylation sites is 1. The van der Waals surface area contributed by atoms with Crippen molar-refractivity contribution in [2.24, 2.45) is 0 Å². The van der Waals surface area contributed by atoms with Gasteiger partial charge in [-0.3, -0.25) is 4.79 Å². The van der Waals surface area contributed by atoms with Gasteiger partial charge in [-0.25, -0.2) is 4.79 Å². The molecule has 0 aliphatic rings. The number of hydrogen-bond donors (Lipinski definition) is 1. The van der Waals surface area contributed by atoms with E-state index in [1.165, 1.54) is 6.20 Å². The highest BCUT2D eigenvalue weighted by Gasteiger charge is 2.13. The van der Waals surface area contributed by atoms with Crippen LogP contribution < -0.4 is 10.2 Å². The van der Waals surface area contributed by atoms with E-state index < -0.39 is 5.97 Å². The molecule has 2 aromatic carbocycles. The highest BCUT2D eigenvalue weighted by molar-refractivity contribution is 6.05. The number of ether oxygens (including phenoxy) is 1. The van der Waals surface area contributed by atoms with Crippen molar-refractivity contribution in [1.29, 1.82) is 5.26 Å². The maximum absolute atomic E-state index is 12.5. The van der Waals surface area contributed by atoms with E-state index >= 15 is 0 Å². The van der Waals surface area contributed by atoms with Crippen LogP contribution in [0.4, 0.5) is 11.4 Å². The zero-order valence-corrected chi connectivity index (χ0v) is 14.6. The lowest BCUT2D eigenvalue weighted by molar-refractivity contribution is -0.138. The number of hydrogen-bond acceptors (Lipinski definition) is 5. The molecule has 6 heteroatoms. The molecule has 26 heavy (non-hydrogen) atoms. The SMILES string of the molecule is CCOC(=O)/C(C#N)=C/Nc1ccc(C(=O)N(C)c2ccccc2)cc1. The Kier molecular flexibility index (Phi) is 6.52. The standard InChI is InChI=1S/C20H19N3O3/c1-3-26-20(25)16(13-21)14-22-17-11-9-15(10-12-17)19(24)23(2)18-7-5-4-6-8-18/h4-12,14,22H,3H2,1-2H3/b16-14+. The summed E-state index contributed by atoms with van der Waals surface area (Å²) in [6.07, 6.45) is 1.28. The minimum atomic E-state index is -0.682. The third kappa shape index (κ3) is 4.71. The van der Waals surface area contributed by atoms with E-state index in [-0.39, 0.29) is 18.1 Å². The Morgan fingerprint density at radius 1 is 1.15 bits per heavy atom. The number of nitriles is 1. The second-order valence-corrected chi connectivity index (χ2v) is 5.31. The number of amides is 1. The summed E-state index contributed by atoms with van der Waals surface area (Å²) in [5, 5.41) is 11.8. The summed E-state index contributed by atoms with van der Waals surface area (Å²) in [6.45, 7) is 1.87. The predicted molar refractivity (Wildman–Crippen MR) is 99.6 cm³/mol. The zero-order chi connectivity index (χ0) is 18.9. The average molecular weight is 349 g/mol. The lowest BCUT2D eigenvalue weighted by atomic mass is 10.1. The molecule has 0 atom stereocenters. The molecule has 132 valence electrons. The van der Waals surface area contributed by atoms with E-state index in [0.717, 1.165) is 5.69 Å². The van der Waals surface area contributed by atoms with Gasteiger partial charge in [0.1, 0.15) is 6.07 Å². The first kappa shape index (κ1) is 18.7. The third-order valence-corrected chi connectivity index (χ3v) is 3.58. The number of esters is 1. The van der Waals surface area contributed by atoms with Gasteiger partial charge in [0.05, 0.1) is 6.61 Å². The van der Waals surface area contributed by atoms with Gasteiger partial charge in [-0.2, -0.15) is 5.26 Å². The molecule has 0 aliphatic carbocycles. The van der Waals surface area contributed by atoms with Gasteiger partial charge in [-0.1, -0.05) is 18.2 Å². The number of carbonyl (C=O) groups excluding carboxylic acids is 2. The molecular weight excluding hydrogens is 330 g/mol. The van der Waals surface area contributed by atoms with Gasteiger partial charge in [-0.15, -0.1) is 0 Å². The van der Waals surface area contributed by atoms with Gasteiger partial charge >= 0.3 is 5.97 Å². The molecule has 2 rings (SSSR count). The predicted octanol–water partition coefficient (Wildman–Crippen LogP) is 3.35. The van der Waals surface area contributed by atoms with Gasteiger partial charge in [0, 0.05) is 30.2 Å². The van der Waals surface area contributed by atoms with E-state index in [9.17, 15) is 9.59 Å². The number of nitrogens with one attached hydrogen (secondary N) is 1. The summed E-state index contributed by atoms with van der Waals surface area (Å²) in [4.78, 5) is 25.6. The molecule has 0 bridgehead atoms. The van der Waals surface area contributed by atoms with E-state index in [2.05, 4.69) is 5.32 Å². The molecule has 0 spiro atoms. The van der Waals surface area contributed by atoms with E-state index in [4.69, 9.17) is 10.00 Å². The summed E-state index contributed by atoms with van der Waals surface area (Å²) in [5.74, 6) is -0.818. The van der Waals surface area contributed by atoms with Crippen molar-refractivity contribution in [3.63, 3.8) is 0 Å². The lowest BCUT2D eigenvalue weighted by Gasteiger charge is -2.17. The Balaban J connectivity index is 2.07. The molecule has 1 N–H and O–H groups in total. The molecule has 0 fully saturated rings. The van der Waals surface area contributed by atoms with Crippen LogP contribution in [0.2, 0.25) is 0 Å². The van der Waals surface area contributed by atoms with Crippen LogP contribution in [0.15, 0.2) is 66.4 Å². The smallest absolute Gasteiger partial charge is 0.350 e. The number of benzene rings is 2. The van der Waals surface area contributed by atoms with Gasteiger partial charge in [0.25, 0.3) is 5.91 Å². The molecule has 2 aromatic rings. The zero-order valence-electron chi connectivity index (χ0n) is 14.6. The summed E-state index contributed by atoms with van der Waals surface area (Å²) < 4.78 is 4.78. The first-order valence-corrected chi connectivity index (χ1v) is 8.04. The minimum Gasteiger partial charge on any atom is -0.462 e. The summed E-state index contributed by atoms with van der Waals surface area (Å²) >= 11 is 0. The van der Waals surface area contributed by atoms with Gasteiger partial charge in [-0.05, 0) is 43.3 Å². The van der Waals surface area contributed by atoms with Crippen molar-refractivity contribution in [2.45, 2.75) is 6.92 Å². The van der Waals surface area contributed by atoms with Crippen molar-refractivity contribution in [3.05, 3.63) is 71.9 Å². The Morgan fingerprint density at radius 3 is 2.38 bits per heavy atom. The van der Waals surface area contributed by atoms with Gasteiger partial charge < -0.3 is 15.0 Å². The van der Waals surface area contributed by atoms with Crippen molar-refractivity contribution >= 4 is 23.3 Å². The fourth-order valence-corrected chi connectivity index (χ4v) is 2.17. The highest BCUT2D eigenvalue weighted by Crippen LogP contribution is 2.17. The van der Waals surface area contributed by atoms with Crippen molar-refractivity contribution in [1.82, 2.24) is 0 Å². The number of nitrogens with zero attached hydrogens (tertiary/aromatic N) is 2. The fourth-order valence-electron chi connectivity index (χ4n) is 2.17. The van der Waals surface area contributed by atoms with Crippen molar-refractivity contribution in [3.8, 4) is 6.07 Å². The van der Waals surface area contributed by atoms with E-state index in [0.29, 0.717) is 11.3 Å². The van der Waals surface area contributed by atoms with Crippen LogP contribution in [-0.4, -0.2) is 25.5 Å². The first-order chi connectivity index (χ1) is 12.6. The molecule has 6 nitrogen and oxygen atoms in total. The van der Waals surface area contributed by atoms with Crippen LogP contribution in [-0.2, 0) is 9.53 Å². The van der Waals surface area contributed by atoms with Crippen LogP contribution in [0.3, 0.4) is 0 Å². The van der Waals surface area contributed by atoms with Crippen LogP contribution in [0.5, 0.6) is 0 Å². The molecule has 0 unspecified atom stereocenters. The molecule has 1 amide bonds. The van der Waals surface area contributed by atoms with Crippen LogP contribution in [0.25, 0.3) is 0 Å². The minimum absolute atomic E-state index is 0.129. The van der Waals surface area contributed by atoms with Gasteiger partial charge in [0.15, 0.2) is 5.57 Å². The summed E-state index contributed by atoms with van der Waals surface area (Å²) in [5.41, 5.74) is 1.84. The van der Waals surface area contributed by atoms with Crippen LogP contribution in [0.1, 0.15) is 17.3 Å². The quantitative estimate of drug-likeness (QED) is 0.491. The van der Waals surface area contributed by atoms with Crippen molar-refractivity contribution < 1.29 is 14.3 Å². The van der Waals surface area contributed by atoms with Gasteiger partial charge in [0.2, 0.25) is 0 Å². The maximum Gasteiger partial charge on any atom is 0.350 e. The Hall–Kier alpha value is -3.59. The van der Waals surface area contributed by atoms with Crippen molar-refractivity contribution in [2.75, 3.05) is 23.9 Å². The maximum atomic E-state index is 12.5. The summed E-state index contributed by atoms with van der Waals surface area (Å²) in [7, 11) is 1.71. The van der Waals surface area contributed by atoms with E-state index in [1.807, 2.05) is 30.3 Å². The Bertz CT molecular complexity index is 837. The molecule has 0 heterocycles.